The second-order valence-corrected chi connectivity index (χ2v) is 4.83. The van der Waals surface area contributed by atoms with Crippen molar-refractivity contribution >= 4 is 23.3 Å². The van der Waals surface area contributed by atoms with E-state index in [9.17, 15) is 4.79 Å². The van der Waals surface area contributed by atoms with Crippen molar-refractivity contribution in [3.8, 4) is 0 Å². The van der Waals surface area contributed by atoms with Gasteiger partial charge in [0.1, 0.15) is 5.82 Å². The van der Waals surface area contributed by atoms with Crippen LogP contribution < -0.4 is 10.2 Å². The van der Waals surface area contributed by atoms with Crippen LogP contribution in [-0.4, -0.2) is 24.2 Å². The summed E-state index contributed by atoms with van der Waals surface area (Å²) in [5.41, 5.74) is 3.31. The van der Waals surface area contributed by atoms with Gasteiger partial charge in [0.15, 0.2) is 0 Å². The van der Waals surface area contributed by atoms with Crippen molar-refractivity contribution in [1.29, 1.82) is 0 Å². The third-order valence-corrected chi connectivity index (χ3v) is 3.19. The summed E-state index contributed by atoms with van der Waals surface area (Å²) in [5.74, 6) is 0.475. The zero-order chi connectivity index (χ0) is 15.9. The lowest BCUT2D eigenvalue weighted by atomic mass is 10.2. The molecule has 1 aromatic heterocycles. The molecule has 0 spiro atoms. The number of benzene rings is 1. The Bertz CT molecular complexity index is 626. The largest absolute Gasteiger partial charge is 0.450 e. The minimum atomic E-state index is -0.492. The number of hydrogen-bond donors (Lipinski definition) is 1. The molecule has 5 heteroatoms. The molecule has 2 aromatic rings. The Morgan fingerprint density at radius 1 is 1.23 bits per heavy atom. The van der Waals surface area contributed by atoms with E-state index in [0.29, 0.717) is 12.4 Å². The number of ether oxygens (including phenoxy) is 1. The van der Waals surface area contributed by atoms with Gasteiger partial charge in [-0.1, -0.05) is 12.1 Å². The molecule has 5 nitrogen and oxygen atoms in total. The summed E-state index contributed by atoms with van der Waals surface area (Å²) in [5, 5.41) is 2.59. The van der Waals surface area contributed by atoms with E-state index in [-0.39, 0.29) is 0 Å². The molecule has 0 aliphatic rings. The molecule has 0 unspecified atom stereocenters. The summed E-state index contributed by atoms with van der Waals surface area (Å²) in [6.45, 7) is 7.09. The van der Waals surface area contributed by atoms with Crippen molar-refractivity contribution < 1.29 is 9.53 Å². The fraction of sp³-hybridized carbons (Fsp3) is 0.294. The first-order valence-electron chi connectivity index (χ1n) is 7.38. The maximum absolute atomic E-state index is 11.4. The van der Waals surface area contributed by atoms with Gasteiger partial charge in [0.2, 0.25) is 0 Å². The lowest BCUT2D eigenvalue weighted by Gasteiger charge is -2.23. The first-order chi connectivity index (χ1) is 10.6. The van der Waals surface area contributed by atoms with Crippen LogP contribution >= 0.6 is 0 Å². The lowest BCUT2D eigenvalue weighted by molar-refractivity contribution is 0.168. The third-order valence-electron chi connectivity index (χ3n) is 3.19. The monoisotopic (exact) mass is 299 g/mol. The normalized spacial score (nSPS) is 10.1. The number of hydrogen-bond acceptors (Lipinski definition) is 4. The Kier molecular flexibility index (Phi) is 5.36. The van der Waals surface area contributed by atoms with Gasteiger partial charge in [-0.05, 0) is 50.6 Å². The molecule has 0 aliphatic heterocycles. The molecule has 0 saturated heterocycles. The number of pyridine rings is 1. The summed E-state index contributed by atoms with van der Waals surface area (Å²) in [7, 11) is 0. The predicted molar refractivity (Wildman–Crippen MR) is 88.7 cm³/mol. The first-order valence-corrected chi connectivity index (χ1v) is 7.38. The van der Waals surface area contributed by atoms with Crippen LogP contribution in [0.2, 0.25) is 0 Å². The molecule has 1 aromatic carbocycles. The van der Waals surface area contributed by atoms with Crippen molar-refractivity contribution in [2.75, 3.05) is 23.4 Å². The van der Waals surface area contributed by atoms with Crippen LogP contribution in [0.5, 0.6) is 0 Å². The topological polar surface area (TPSA) is 54.5 Å². The molecule has 0 saturated carbocycles. The maximum atomic E-state index is 11.4. The smallest absolute Gasteiger partial charge is 0.412 e. The van der Waals surface area contributed by atoms with E-state index in [1.165, 1.54) is 5.56 Å². The summed E-state index contributed by atoms with van der Waals surface area (Å²) >= 11 is 0. The van der Waals surface area contributed by atoms with Crippen LogP contribution in [0.4, 0.5) is 22.0 Å². The van der Waals surface area contributed by atoms with Gasteiger partial charge in [0.05, 0.1) is 18.5 Å². The number of amides is 1. The number of carbonyl (C=O) groups is 1. The Labute approximate surface area is 130 Å². The lowest BCUT2D eigenvalue weighted by Crippen LogP contribution is -2.17. The van der Waals surface area contributed by atoms with Crippen molar-refractivity contribution in [3.05, 3.63) is 48.2 Å². The summed E-state index contributed by atoms with van der Waals surface area (Å²) in [6, 6.07) is 12.0. The van der Waals surface area contributed by atoms with E-state index in [1.807, 2.05) is 12.1 Å². The first kappa shape index (κ1) is 15.8. The molecule has 0 bridgehead atoms. The van der Waals surface area contributed by atoms with Gasteiger partial charge in [-0.3, -0.25) is 5.32 Å². The second kappa shape index (κ2) is 7.45. The van der Waals surface area contributed by atoms with E-state index in [0.717, 1.165) is 17.9 Å². The molecule has 116 valence electrons. The minimum Gasteiger partial charge on any atom is -0.450 e. The number of rotatable bonds is 5. The number of carbonyl (C=O) groups excluding carboxylic acids is 1. The van der Waals surface area contributed by atoms with Crippen LogP contribution in [0.1, 0.15) is 19.4 Å². The number of aryl methyl sites for hydroxylation is 1. The molecule has 0 aliphatic carbocycles. The Morgan fingerprint density at radius 3 is 2.64 bits per heavy atom. The molecule has 2 rings (SSSR count). The zero-order valence-corrected chi connectivity index (χ0v) is 13.2. The molecular formula is C17H21N3O2. The summed E-state index contributed by atoms with van der Waals surface area (Å²) in [6.07, 6.45) is 1.25. The van der Waals surface area contributed by atoms with Gasteiger partial charge in [-0.25, -0.2) is 9.78 Å². The number of anilines is 3. The van der Waals surface area contributed by atoms with Crippen molar-refractivity contribution in [2.45, 2.75) is 20.8 Å². The van der Waals surface area contributed by atoms with Gasteiger partial charge in [-0.15, -0.1) is 0 Å². The average Bonchev–Trinajstić information content (AvgIpc) is 2.50. The van der Waals surface area contributed by atoms with Crippen molar-refractivity contribution in [1.82, 2.24) is 4.98 Å². The van der Waals surface area contributed by atoms with E-state index < -0.39 is 6.09 Å². The van der Waals surface area contributed by atoms with E-state index >= 15 is 0 Å². The average molecular weight is 299 g/mol. The molecule has 1 amide bonds. The highest BCUT2D eigenvalue weighted by molar-refractivity contribution is 5.83. The highest BCUT2D eigenvalue weighted by Crippen LogP contribution is 2.25. The standard InChI is InChI=1S/C17H21N3O2/c1-4-20(14-8-6-7-13(3)11-14)15-9-10-16(18-12-15)19-17(21)22-5-2/h6-12H,4-5H2,1-3H3,(H,18,19,21). The highest BCUT2D eigenvalue weighted by Gasteiger charge is 2.09. The predicted octanol–water partition coefficient (Wildman–Crippen LogP) is 4.12. The van der Waals surface area contributed by atoms with Gasteiger partial charge in [0.25, 0.3) is 0 Å². The summed E-state index contributed by atoms with van der Waals surface area (Å²) < 4.78 is 4.83. The van der Waals surface area contributed by atoms with Crippen LogP contribution in [0.25, 0.3) is 0 Å². The third kappa shape index (κ3) is 3.97. The number of nitrogens with zero attached hydrogens (tertiary/aromatic N) is 2. The Balaban J connectivity index is 2.15. The fourth-order valence-corrected chi connectivity index (χ4v) is 2.20. The highest BCUT2D eigenvalue weighted by atomic mass is 16.5. The molecule has 0 atom stereocenters. The molecule has 1 heterocycles. The van der Waals surface area contributed by atoms with Gasteiger partial charge in [-0.2, -0.15) is 0 Å². The van der Waals surface area contributed by atoms with Gasteiger partial charge in [0, 0.05) is 12.2 Å². The maximum Gasteiger partial charge on any atom is 0.412 e. The van der Waals surface area contributed by atoms with Crippen molar-refractivity contribution in [2.24, 2.45) is 0 Å². The summed E-state index contributed by atoms with van der Waals surface area (Å²) in [4.78, 5) is 17.8. The van der Waals surface area contributed by atoms with Crippen LogP contribution in [0, 0.1) is 6.92 Å². The second-order valence-electron chi connectivity index (χ2n) is 4.83. The van der Waals surface area contributed by atoms with Crippen molar-refractivity contribution in [3.63, 3.8) is 0 Å². The zero-order valence-electron chi connectivity index (χ0n) is 13.2. The van der Waals surface area contributed by atoms with E-state index in [2.05, 4.69) is 47.2 Å². The minimum absolute atomic E-state index is 0.334. The van der Waals surface area contributed by atoms with Crippen LogP contribution in [0.15, 0.2) is 42.6 Å². The van der Waals surface area contributed by atoms with Gasteiger partial charge < -0.3 is 9.64 Å². The Hall–Kier alpha value is -2.56. The van der Waals surface area contributed by atoms with Crippen LogP contribution in [-0.2, 0) is 4.74 Å². The van der Waals surface area contributed by atoms with E-state index in [1.54, 1.807) is 19.2 Å². The molecular weight excluding hydrogens is 278 g/mol. The number of aromatic nitrogens is 1. The quantitative estimate of drug-likeness (QED) is 0.902. The fourth-order valence-electron chi connectivity index (χ4n) is 2.20. The molecule has 0 fully saturated rings. The number of nitrogens with one attached hydrogen (secondary N) is 1. The SMILES string of the molecule is CCOC(=O)Nc1ccc(N(CC)c2cccc(C)c2)cn1. The molecule has 1 N–H and O–H groups in total. The Morgan fingerprint density at radius 2 is 2.05 bits per heavy atom. The van der Waals surface area contributed by atoms with E-state index in [4.69, 9.17) is 4.74 Å². The molecule has 0 radical (unpaired) electrons. The molecule has 22 heavy (non-hydrogen) atoms. The van der Waals surface area contributed by atoms with Crippen LogP contribution in [0.3, 0.4) is 0 Å². The van der Waals surface area contributed by atoms with Gasteiger partial charge >= 0.3 is 6.09 Å².